The fraction of sp³-hybridized carbons (Fsp3) is 0.900. The summed E-state index contributed by atoms with van der Waals surface area (Å²) in [7, 11) is 0. The Labute approximate surface area is 79.5 Å². The predicted octanol–water partition coefficient (Wildman–Crippen LogP) is 3.30. The Morgan fingerprint density at radius 2 is 1.58 bits per heavy atom. The van der Waals surface area contributed by atoms with Crippen LogP contribution in [-0.2, 0) is 4.79 Å². The van der Waals surface area contributed by atoms with E-state index < -0.39 is 0 Å². The molecule has 1 unspecified atom stereocenters. The van der Waals surface area contributed by atoms with Crippen LogP contribution in [-0.4, -0.2) is 11.2 Å². The number of carbonyl (C=O) groups excluding carboxylic acids is 1. The molecule has 1 aliphatic carbocycles. The van der Waals surface area contributed by atoms with E-state index >= 15 is 0 Å². The molecule has 0 aromatic carbocycles. The second-order valence-corrected chi connectivity index (χ2v) is 4.12. The SMILES string of the molecule is O=C1CCCCCCCCC1Cl. The lowest BCUT2D eigenvalue weighted by Crippen LogP contribution is -2.14. The lowest BCUT2D eigenvalue weighted by atomic mass is 10.00. The topological polar surface area (TPSA) is 17.1 Å². The zero-order chi connectivity index (χ0) is 8.81. The van der Waals surface area contributed by atoms with E-state index in [1.54, 1.807) is 0 Å². The molecular formula is C10H17ClO. The number of rotatable bonds is 0. The van der Waals surface area contributed by atoms with Crippen molar-refractivity contribution in [3.63, 3.8) is 0 Å². The van der Waals surface area contributed by atoms with Gasteiger partial charge in [0.25, 0.3) is 0 Å². The van der Waals surface area contributed by atoms with Crippen LogP contribution in [0.1, 0.15) is 51.4 Å². The zero-order valence-corrected chi connectivity index (χ0v) is 8.28. The summed E-state index contributed by atoms with van der Waals surface area (Å²) < 4.78 is 0. The van der Waals surface area contributed by atoms with Crippen LogP contribution in [0.25, 0.3) is 0 Å². The molecule has 1 aliphatic rings. The number of alkyl halides is 1. The van der Waals surface area contributed by atoms with Crippen LogP contribution in [0.3, 0.4) is 0 Å². The minimum absolute atomic E-state index is 0.192. The van der Waals surface area contributed by atoms with Crippen molar-refractivity contribution in [2.45, 2.75) is 56.7 Å². The molecule has 0 heterocycles. The minimum atomic E-state index is -0.192. The average molecular weight is 189 g/mol. The highest BCUT2D eigenvalue weighted by Crippen LogP contribution is 2.17. The highest BCUT2D eigenvalue weighted by atomic mass is 35.5. The van der Waals surface area contributed by atoms with Crippen LogP contribution in [0.15, 0.2) is 0 Å². The first kappa shape index (κ1) is 10.0. The largest absolute Gasteiger partial charge is 0.298 e. The Kier molecular flexibility index (Phi) is 4.67. The molecule has 0 N–H and O–H groups in total. The summed E-state index contributed by atoms with van der Waals surface area (Å²) in [5.41, 5.74) is 0. The van der Waals surface area contributed by atoms with Gasteiger partial charge in [-0.3, -0.25) is 4.79 Å². The quantitative estimate of drug-likeness (QED) is 0.534. The maximum atomic E-state index is 11.3. The second kappa shape index (κ2) is 5.58. The van der Waals surface area contributed by atoms with Crippen molar-refractivity contribution in [3.05, 3.63) is 0 Å². The van der Waals surface area contributed by atoms with Gasteiger partial charge in [-0.15, -0.1) is 11.6 Å². The molecule has 2 heteroatoms. The second-order valence-electron chi connectivity index (χ2n) is 3.59. The Morgan fingerprint density at radius 3 is 2.33 bits per heavy atom. The molecule has 0 aromatic heterocycles. The number of carbonyl (C=O) groups is 1. The van der Waals surface area contributed by atoms with Crippen LogP contribution in [0.2, 0.25) is 0 Å². The lowest BCUT2D eigenvalue weighted by molar-refractivity contribution is -0.119. The molecule has 0 amide bonds. The van der Waals surface area contributed by atoms with E-state index in [9.17, 15) is 4.79 Å². The van der Waals surface area contributed by atoms with Crippen molar-refractivity contribution in [2.24, 2.45) is 0 Å². The molecule has 0 aliphatic heterocycles. The van der Waals surface area contributed by atoms with Crippen molar-refractivity contribution in [1.29, 1.82) is 0 Å². The Hall–Kier alpha value is -0.0400. The molecule has 0 aromatic rings. The fourth-order valence-electron chi connectivity index (χ4n) is 1.65. The van der Waals surface area contributed by atoms with E-state index in [0.29, 0.717) is 6.42 Å². The normalized spacial score (nSPS) is 28.4. The van der Waals surface area contributed by atoms with Crippen molar-refractivity contribution in [1.82, 2.24) is 0 Å². The van der Waals surface area contributed by atoms with Crippen LogP contribution < -0.4 is 0 Å². The van der Waals surface area contributed by atoms with Gasteiger partial charge in [-0.1, -0.05) is 32.1 Å². The Bertz CT molecular complexity index is 145. The maximum Gasteiger partial charge on any atom is 0.150 e. The first-order valence-corrected chi connectivity index (χ1v) is 5.41. The maximum absolute atomic E-state index is 11.3. The molecule has 70 valence electrons. The first-order chi connectivity index (χ1) is 5.80. The van der Waals surface area contributed by atoms with E-state index in [1.807, 2.05) is 0 Å². The van der Waals surface area contributed by atoms with Gasteiger partial charge in [0.1, 0.15) is 0 Å². The van der Waals surface area contributed by atoms with Gasteiger partial charge >= 0.3 is 0 Å². The predicted molar refractivity (Wildman–Crippen MR) is 51.6 cm³/mol. The van der Waals surface area contributed by atoms with Crippen LogP contribution in [0.4, 0.5) is 0 Å². The summed E-state index contributed by atoms with van der Waals surface area (Å²) in [5, 5.41) is -0.192. The van der Waals surface area contributed by atoms with Crippen molar-refractivity contribution < 1.29 is 4.79 Å². The zero-order valence-electron chi connectivity index (χ0n) is 7.52. The van der Waals surface area contributed by atoms with Crippen LogP contribution in [0.5, 0.6) is 0 Å². The van der Waals surface area contributed by atoms with Crippen molar-refractivity contribution in [2.75, 3.05) is 0 Å². The highest BCUT2D eigenvalue weighted by Gasteiger charge is 2.14. The number of halogens is 1. The van der Waals surface area contributed by atoms with E-state index in [4.69, 9.17) is 11.6 Å². The summed E-state index contributed by atoms with van der Waals surface area (Å²) in [5.74, 6) is 0.263. The van der Waals surface area contributed by atoms with E-state index in [0.717, 1.165) is 19.3 Å². The van der Waals surface area contributed by atoms with Gasteiger partial charge in [0.2, 0.25) is 0 Å². The molecule has 0 radical (unpaired) electrons. The van der Waals surface area contributed by atoms with E-state index in [1.165, 1.54) is 25.7 Å². The summed E-state index contributed by atoms with van der Waals surface area (Å²) >= 11 is 5.92. The van der Waals surface area contributed by atoms with Gasteiger partial charge in [0.15, 0.2) is 5.78 Å². The molecule has 0 saturated heterocycles. The molecule has 12 heavy (non-hydrogen) atoms. The van der Waals surface area contributed by atoms with Crippen molar-refractivity contribution in [3.8, 4) is 0 Å². The number of Topliss-reactive ketones (excluding diaryl/α,β-unsaturated/α-hetero) is 1. The third kappa shape index (κ3) is 3.57. The van der Waals surface area contributed by atoms with Gasteiger partial charge in [-0.2, -0.15) is 0 Å². The third-order valence-corrected chi connectivity index (χ3v) is 2.94. The summed E-state index contributed by atoms with van der Waals surface area (Å²) in [6, 6.07) is 0. The standard InChI is InChI=1S/C10H17ClO/c11-9-7-5-3-1-2-4-6-8-10(9)12/h9H,1-8H2. The van der Waals surface area contributed by atoms with Crippen LogP contribution in [0, 0.1) is 0 Å². The number of ketones is 1. The molecule has 0 spiro atoms. The minimum Gasteiger partial charge on any atom is -0.298 e. The Morgan fingerprint density at radius 1 is 1.00 bits per heavy atom. The monoisotopic (exact) mass is 188 g/mol. The first-order valence-electron chi connectivity index (χ1n) is 4.97. The van der Waals surface area contributed by atoms with E-state index in [2.05, 4.69) is 0 Å². The molecule has 1 fully saturated rings. The molecule has 1 saturated carbocycles. The average Bonchev–Trinajstić information content (AvgIpc) is 2.08. The summed E-state index contributed by atoms with van der Waals surface area (Å²) in [6.45, 7) is 0. The third-order valence-electron chi connectivity index (χ3n) is 2.48. The van der Waals surface area contributed by atoms with Gasteiger partial charge in [-0.05, 0) is 12.8 Å². The molecule has 1 nitrogen and oxygen atoms in total. The van der Waals surface area contributed by atoms with Gasteiger partial charge in [-0.25, -0.2) is 0 Å². The number of hydrogen-bond acceptors (Lipinski definition) is 1. The molecule has 1 atom stereocenters. The van der Waals surface area contributed by atoms with Gasteiger partial charge < -0.3 is 0 Å². The molecule has 1 rings (SSSR count). The van der Waals surface area contributed by atoms with E-state index in [-0.39, 0.29) is 11.2 Å². The number of hydrogen-bond donors (Lipinski definition) is 0. The highest BCUT2D eigenvalue weighted by molar-refractivity contribution is 6.31. The lowest BCUT2D eigenvalue weighted by Gasteiger charge is -2.10. The molecular weight excluding hydrogens is 172 g/mol. The summed E-state index contributed by atoms with van der Waals surface area (Å²) in [4.78, 5) is 11.3. The van der Waals surface area contributed by atoms with Gasteiger partial charge in [0, 0.05) is 6.42 Å². The molecule has 0 bridgehead atoms. The summed E-state index contributed by atoms with van der Waals surface area (Å²) in [6.07, 6.45) is 8.82. The smallest absolute Gasteiger partial charge is 0.150 e. The van der Waals surface area contributed by atoms with Crippen LogP contribution >= 0.6 is 11.6 Å². The van der Waals surface area contributed by atoms with Gasteiger partial charge in [0.05, 0.1) is 5.38 Å². The fourth-order valence-corrected chi connectivity index (χ4v) is 1.91. The Balaban J connectivity index is 2.31. The van der Waals surface area contributed by atoms with Crippen molar-refractivity contribution >= 4 is 17.4 Å².